The molecule has 11 nitrogen and oxygen atoms in total. The van der Waals surface area contributed by atoms with Gasteiger partial charge in [0.15, 0.2) is 11.5 Å². The zero-order chi connectivity index (χ0) is 34.0. The van der Waals surface area contributed by atoms with E-state index < -0.39 is 28.5 Å². The molecule has 2 unspecified atom stereocenters. The highest BCUT2D eigenvalue weighted by Gasteiger charge is 2.36. The van der Waals surface area contributed by atoms with Crippen LogP contribution in [0, 0.1) is 0 Å². The van der Waals surface area contributed by atoms with Crippen molar-refractivity contribution in [2.45, 2.75) is 57.1 Å². The molecule has 0 aliphatic heterocycles. The molecule has 250 valence electrons. The van der Waals surface area contributed by atoms with Gasteiger partial charge in [-0.2, -0.15) is 0 Å². The van der Waals surface area contributed by atoms with Gasteiger partial charge in [0.1, 0.15) is 24.1 Å². The molecule has 0 aliphatic carbocycles. The monoisotopic (exact) mass is 675 g/mol. The lowest BCUT2D eigenvalue weighted by Crippen LogP contribution is -2.53. The Labute approximate surface area is 276 Å². The number of rotatable bonds is 16. The van der Waals surface area contributed by atoms with Crippen LogP contribution in [0.15, 0.2) is 65.6 Å². The molecular formula is C33H42ClN3O8S. The quantitative estimate of drug-likeness (QED) is 0.217. The van der Waals surface area contributed by atoms with Crippen molar-refractivity contribution in [1.82, 2.24) is 10.2 Å². The van der Waals surface area contributed by atoms with Crippen LogP contribution in [0.1, 0.15) is 39.2 Å². The summed E-state index contributed by atoms with van der Waals surface area (Å²) in [7, 11) is 1.20. The first-order valence-electron chi connectivity index (χ1n) is 14.8. The number of anilines is 1. The van der Waals surface area contributed by atoms with Crippen LogP contribution < -0.4 is 28.6 Å². The number of ether oxygens (including phenoxy) is 4. The number of nitrogens with zero attached hydrogens (tertiary/aromatic N) is 2. The molecule has 0 saturated carbocycles. The van der Waals surface area contributed by atoms with Crippen LogP contribution in [0.3, 0.4) is 0 Å². The second kappa shape index (κ2) is 16.4. The molecule has 2 amide bonds. The lowest BCUT2D eigenvalue weighted by Gasteiger charge is -2.34. The van der Waals surface area contributed by atoms with E-state index >= 15 is 0 Å². The molecule has 2 atom stereocenters. The smallest absolute Gasteiger partial charge is 0.265 e. The van der Waals surface area contributed by atoms with Gasteiger partial charge in [-0.3, -0.25) is 13.9 Å². The number of methoxy groups -OCH3 is 4. The van der Waals surface area contributed by atoms with Gasteiger partial charge >= 0.3 is 0 Å². The molecule has 0 heterocycles. The van der Waals surface area contributed by atoms with E-state index in [0.29, 0.717) is 28.5 Å². The van der Waals surface area contributed by atoms with Crippen LogP contribution >= 0.6 is 11.6 Å². The molecule has 3 aromatic rings. The summed E-state index contributed by atoms with van der Waals surface area (Å²) in [5, 5.41) is 3.36. The van der Waals surface area contributed by atoms with E-state index in [4.69, 9.17) is 30.5 Å². The minimum Gasteiger partial charge on any atom is -0.497 e. The minimum atomic E-state index is -4.47. The van der Waals surface area contributed by atoms with Gasteiger partial charge in [-0.1, -0.05) is 43.6 Å². The van der Waals surface area contributed by atoms with E-state index in [9.17, 15) is 18.0 Å². The van der Waals surface area contributed by atoms with Crippen LogP contribution in [0.25, 0.3) is 0 Å². The van der Waals surface area contributed by atoms with Gasteiger partial charge in [0.2, 0.25) is 11.8 Å². The number of carbonyl (C=O) groups is 2. The highest BCUT2D eigenvalue weighted by atomic mass is 35.5. The second-order valence-electron chi connectivity index (χ2n) is 10.4. The topological polar surface area (TPSA) is 124 Å². The second-order valence-corrected chi connectivity index (χ2v) is 12.7. The first kappa shape index (κ1) is 36.3. The summed E-state index contributed by atoms with van der Waals surface area (Å²) in [6.45, 7) is 4.88. The van der Waals surface area contributed by atoms with Gasteiger partial charge in [0.25, 0.3) is 10.0 Å². The number of hydrogen-bond donors (Lipinski definition) is 1. The standard InChI is InChI=1S/C33H42ClN3O8S/c1-8-22(3)35-33(39)27(9-2)36(20-23-12-10-11-13-26(23)34)32(38)21-37(28-18-24(42-4)14-16-29(28)43-5)46(40,41)25-15-17-30(44-6)31(19-25)45-7/h10-19,22,27H,8-9,20-21H2,1-7H3,(H,35,39). The molecule has 1 N–H and O–H groups in total. The maximum Gasteiger partial charge on any atom is 0.265 e. The number of nitrogens with one attached hydrogen (secondary N) is 1. The van der Waals surface area contributed by atoms with Gasteiger partial charge in [0.05, 0.1) is 39.0 Å². The van der Waals surface area contributed by atoms with Crippen molar-refractivity contribution in [2.75, 3.05) is 39.3 Å². The van der Waals surface area contributed by atoms with Gasteiger partial charge < -0.3 is 29.2 Å². The Kier molecular flexibility index (Phi) is 13.0. The van der Waals surface area contributed by atoms with Crippen LogP contribution in [0.4, 0.5) is 5.69 Å². The Morgan fingerprint density at radius 2 is 1.50 bits per heavy atom. The first-order chi connectivity index (χ1) is 21.9. The summed E-state index contributed by atoms with van der Waals surface area (Å²) in [6.07, 6.45) is 0.955. The van der Waals surface area contributed by atoms with Crippen LogP contribution in [-0.2, 0) is 26.2 Å². The van der Waals surface area contributed by atoms with Gasteiger partial charge in [0, 0.05) is 29.7 Å². The Hall–Kier alpha value is -4.16. The van der Waals surface area contributed by atoms with E-state index in [-0.39, 0.29) is 47.0 Å². The number of halogens is 1. The highest BCUT2D eigenvalue weighted by molar-refractivity contribution is 7.92. The molecule has 0 aliphatic rings. The van der Waals surface area contributed by atoms with Crippen molar-refractivity contribution in [2.24, 2.45) is 0 Å². The molecule has 13 heteroatoms. The molecular weight excluding hydrogens is 634 g/mol. The number of amides is 2. The van der Waals surface area contributed by atoms with Crippen LogP contribution in [0.5, 0.6) is 23.0 Å². The van der Waals surface area contributed by atoms with E-state index in [0.717, 1.165) is 4.31 Å². The molecule has 3 rings (SSSR count). The van der Waals surface area contributed by atoms with Crippen molar-refractivity contribution < 1.29 is 37.0 Å². The number of hydrogen-bond acceptors (Lipinski definition) is 8. The summed E-state index contributed by atoms with van der Waals surface area (Å²) in [5.41, 5.74) is 0.653. The number of benzene rings is 3. The predicted octanol–water partition coefficient (Wildman–Crippen LogP) is 5.29. The molecule has 0 spiro atoms. The van der Waals surface area contributed by atoms with Crippen molar-refractivity contribution >= 4 is 39.1 Å². The summed E-state index contributed by atoms with van der Waals surface area (Å²) in [5.74, 6) is 0.0260. The molecule has 0 bridgehead atoms. The first-order valence-corrected chi connectivity index (χ1v) is 16.6. The summed E-state index contributed by atoms with van der Waals surface area (Å²) < 4.78 is 51.5. The van der Waals surface area contributed by atoms with E-state index in [1.807, 2.05) is 13.8 Å². The fourth-order valence-corrected chi connectivity index (χ4v) is 6.41. The van der Waals surface area contributed by atoms with E-state index in [1.165, 1.54) is 57.6 Å². The van der Waals surface area contributed by atoms with Gasteiger partial charge in [-0.15, -0.1) is 0 Å². The molecule has 0 saturated heterocycles. The van der Waals surface area contributed by atoms with E-state index in [1.54, 1.807) is 43.3 Å². The number of sulfonamides is 1. The largest absolute Gasteiger partial charge is 0.497 e. The molecule has 0 fully saturated rings. The van der Waals surface area contributed by atoms with Crippen molar-refractivity contribution in [3.8, 4) is 23.0 Å². The summed E-state index contributed by atoms with van der Waals surface area (Å²) in [4.78, 5) is 29.2. The predicted molar refractivity (Wildman–Crippen MR) is 178 cm³/mol. The lowest BCUT2D eigenvalue weighted by molar-refractivity contribution is -0.140. The van der Waals surface area contributed by atoms with Crippen LogP contribution in [0.2, 0.25) is 5.02 Å². The maximum atomic E-state index is 14.5. The van der Waals surface area contributed by atoms with Crippen LogP contribution in [-0.4, -0.2) is 72.2 Å². The Balaban J connectivity index is 2.21. The Morgan fingerprint density at radius 3 is 2.09 bits per heavy atom. The minimum absolute atomic E-state index is 0.0373. The zero-order valence-electron chi connectivity index (χ0n) is 27.2. The third-order valence-corrected chi connectivity index (χ3v) is 9.69. The zero-order valence-corrected chi connectivity index (χ0v) is 28.8. The van der Waals surface area contributed by atoms with Crippen molar-refractivity contribution in [3.63, 3.8) is 0 Å². The lowest BCUT2D eigenvalue weighted by atomic mass is 10.1. The third kappa shape index (κ3) is 8.35. The molecule has 0 aromatic heterocycles. The fraction of sp³-hybridized carbons (Fsp3) is 0.394. The van der Waals surface area contributed by atoms with Gasteiger partial charge in [-0.25, -0.2) is 8.42 Å². The van der Waals surface area contributed by atoms with Crippen molar-refractivity contribution in [1.29, 1.82) is 0 Å². The highest BCUT2D eigenvalue weighted by Crippen LogP contribution is 2.38. The summed E-state index contributed by atoms with van der Waals surface area (Å²) in [6, 6.07) is 14.7. The average molecular weight is 676 g/mol. The third-order valence-electron chi connectivity index (χ3n) is 7.56. The molecule has 0 radical (unpaired) electrons. The van der Waals surface area contributed by atoms with Gasteiger partial charge in [-0.05, 0) is 55.7 Å². The fourth-order valence-electron chi connectivity index (χ4n) is 4.78. The maximum absolute atomic E-state index is 14.5. The number of carbonyl (C=O) groups excluding carboxylic acids is 2. The average Bonchev–Trinajstić information content (AvgIpc) is 3.06. The SMILES string of the molecule is CCC(C)NC(=O)C(CC)N(Cc1ccccc1Cl)C(=O)CN(c1cc(OC)ccc1OC)S(=O)(=O)c1ccc(OC)c(OC)c1. The Bertz CT molecular complexity index is 1620. The Morgan fingerprint density at radius 1 is 0.848 bits per heavy atom. The molecule has 46 heavy (non-hydrogen) atoms. The normalized spacial score (nSPS) is 12.4. The molecule has 3 aromatic carbocycles. The van der Waals surface area contributed by atoms with E-state index in [2.05, 4.69) is 5.32 Å². The summed E-state index contributed by atoms with van der Waals surface area (Å²) >= 11 is 6.49. The van der Waals surface area contributed by atoms with Crippen molar-refractivity contribution in [3.05, 3.63) is 71.2 Å².